The molecule has 0 fully saturated rings. The number of aromatic nitrogens is 3. The van der Waals surface area contributed by atoms with E-state index in [1.165, 1.54) is 0 Å². The van der Waals surface area contributed by atoms with Crippen LogP contribution in [0.5, 0.6) is 0 Å². The molecule has 0 aliphatic rings. The number of rotatable bonds is 3. The summed E-state index contributed by atoms with van der Waals surface area (Å²) in [5.41, 5.74) is 8.36. The maximum Gasteiger partial charge on any atom is 0.161 e. The lowest BCUT2D eigenvalue weighted by Crippen LogP contribution is -2.06. The van der Waals surface area contributed by atoms with E-state index in [-0.39, 0.29) is 0 Å². The van der Waals surface area contributed by atoms with Gasteiger partial charge in [0.1, 0.15) is 0 Å². The van der Waals surface area contributed by atoms with Gasteiger partial charge in [-0.3, -0.25) is 4.98 Å². The minimum absolute atomic E-state index is 0.590. The molecule has 17 heavy (non-hydrogen) atoms. The van der Waals surface area contributed by atoms with Crippen molar-refractivity contribution in [1.29, 1.82) is 0 Å². The first kappa shape index (κ1) is 12.1. The molecule has 0 atom stereocenters. The lowest BCUT2D eigenvalue weighted by atomic mass is 10.2. The first-order valence-electron chi connectivity index (χ1n) is 5.34. The maximum atomic E-state index is 5.54. The van der Waals surface area contributed by atoms with Crippen molar-refractivity contribution in [2.45, 2.75) is 13.3 Å². The third-order valence-corrected chi connectivity index (χ3v) is 2.70. The Kier molecular flexibility index (Phi) is 3.81. The van der Waals surface area contributed by atoms with Crippen LogP contribution in [0.25, 0.3) is 11.4 Å². The molecule has 0 saturated carbocycles. The zero-order valence-electron chi connectivity index (χ0n) is 9.52. The number of hydrogen-bond donors (Lipinski definition) is 1. The average Bonchev–Trinajstić information content (AvgIpc) is 2.28. The van der Waals surface area contributed by atoms with Crippen LogP contribution in [0.4, 0.5) is 0 Å². The number of hydrogen-bond acceptors (Lipinski definition) is 4. The molecule has 0 radical (unpaired) electrons. The van der Waals surface area contributed by atoms with Crippen molar-refractivity contribution in [3.05, 3.63) is 40.4 Å². The van der Waals surface area contributed by atoms with Crippen LogP contribution < -0.4 is 5.73 Å². The van der Waals surface area contributed by atoms with E-state index in [1.54, 1.807) is 12.4 Å². The second-order valence-corrected chi connectivity index (χ2v) is 4.67. The van der Waals surface area contributed by atoms with Gasteiger partial charge < -0.3 is 5.73 Å². The van der Waals surface area contributed by atoms with Crippen LogP contribution in [0, 0.1) is 6.92 Å². The Balaban J connectivity index is 2.44. The predicted molar refractivity (Wildman–Crippen MR) is 70.5 cm³/mol. The van der Waals surface area contributed by atoms with E-state index in [1.807, 2.05) is 19.1 Å². The Morgan fingerprint density at radius 2 is 2.06 bits per heavy atom. The molecule has 0 bridgehead atoms. The second kappa shape index (κ2) is 5.33. The molecule has 88 valence electrons. The van der Waals surface area contributed by atoms with Gasteiger partial charge in [0.05, 0.1) is 0 Å². The molecule has 0 unspecified atom stereocenters. The van der Waals surface area contributed by atoms with E-state index in [0.717, 1.165) is 27.8 Å². The number of halogens is 1. The molecule has 2 aromatic rings. The molecule has 0 spiro atoms. The van der Waals surface area contributed by atoms with Crippen LogP contribution in [0.1, 0.15) is 11.4 Å². The number of nitrogens with zero attached hydrogens (tertiary/aromatic N) is 3. The first-order valence-corrected chi connectivity index (χ1v) is 6.14. The minimum Gasteiger partial charge on any atom is -0.330 e. The monoisotopic (exact) mass is 292 g/mol. The van der Waals surface area contributed by atoms with Crippen molar-refractivity contribution in [3.8, 4) is 11.4 Å². The maximum absolute atomic E-state index is 5.54. The second-order valence-electron chi connectivity index (χ2n) is 3.75. The summed E-state index contributed by atoms with van der Waals surface area (Å²) in [5.74, 6) is 0.697. The molecule has 2 N–H and O–H groups in total. The summed E-state index contributed by atoms with van der Waals surface area (Å²) >= 11 is 3.39. The van der Waals surface area contributed by atoms with Crippen molar-refractivity contribution in [1.82, 2.24) is 15.0 Å². The Bertz CT molecular complexity index is 528. The highest BCUT2D eigenvalue weighted by atomic mass is 79.9. The predicted octanol–water partition coefficient (Wildman–Crippen LogP) is 2.11. The molecule has 2 aromatic heterocycles. The molecule has 0 aliphatic heterocycles. The van der Waals surface area contributed by atoms with Gasteiger partial charge in [0.25, 0.3) is 0 Å². The highest BCUT2D eigenvalue weighted by Gasteiger charge is 2.05. The largest absolute Gasteiger partial charge is 0.330 e. The fourth-order valence-electron chi connectivity index (χ4n) is 1.57. The minimum atomic E-state index is 0.590. The molecular formula is C12H13BrN4. The summed E-state index contributed by atoms with van der Waals surface area (Å²) in [4.78, 5) is 13.0. The highest BCUT2D eigenvalue weighted by molar-refractivity contribution is 9.10. The van der Waals surface area contributed by atoms with E-state index in [2.05, 4.69) is 30.9 Å². The molecular weight excluding hydrogens is 280 g/mol. The summed E-state index contributed by atoms with van der Waals surface area (Å²) in [6, 6.07) is 3.91. The standard InChI is InChI=1S/C12H13BrN4/c1-8-4-11(2-3-14)17-12(16-8)9-5-10(13)7-15-6-9/h4-7H,2-3,14H2,1H3. The zero-order valence-corrected chi connectivity index (χ0v) is 11.1. The SMILES string of the molecule is Cc1cc(CCN)nc(-c2cncc(Br)c2)n1. The molecule has 0 aliphatic carbocycles. The summed E-state index contributed by atoms with van der Waals surface area (Å²) in [5, 5.41) is 0. The van der Waals surface area contributed by atoms with Crippen LogP contribution in [-0.4, -0.2) is 21.5 Å². The van der Waals surface area contributed by atoms with Crippen LogP contribution in [0.3, 0.4) is 0 Å². The lowest BCUT2D eigenvalue weighted by Gasteiger charge is -2.05. The zero-order chi connectivity index (χ0) is 12.3. The van der Waals surface area contributed by atoms with Crippen molar-refractivity contribution >= 4 is 15.9 Å². The Morgan fingerprint density at radius 1 is 1.24 bits per heavy atom. The van der Waals surface area contributed by atoms with Crippen LogP contribution >= 0.6 is 15.9 Å². The van der Waals surface area contributed by atoms with Gasteiger partial charge in [-0.2, -0.15) is 0 Å². The molecule has 0 aromatic carbocycles. The molecule has 2 rings (SSSR count). The Labute approximate surface area is 108 Å². The quantitative estimate of drug-likeness (QED) is 0.941. The normalized spacial score (nSPS) is 10.5. The summed E-state index contributed by atoms with van der Waals surface area (Å²) in [7, 11) is 0. The molecule has 5 heteroatoms. The molecule has 4 nitrogen and oxygen atoms in total. The smallest absolute Gasteiger partial charge is 0.161 e. The number of pyridine rings is 1. The van der Waals surface area contributed by atoms with E-state index in [4.69, 9.17) is 5.73 Å². The van der Waals surface area contributed by atoms with Gasteiger partial charge in [0.15, 0.2) is 5.82 Å². The fourth-order valence-corrected chi connectivity index (χ4v) is 1.94. The fraction of sp³-hybridized carbons (Fsp3) is 0.250. The van der Waals surface area contributed by atoms with Crippen molar-refractivity contribution in [2.75, 3.05) is 6.54 Å². The van der Waals surface area contributed by atoms with Crippen LogP contribution in [0.2, 0.25) is 0 Å². The first-order chi connectivity index (χ1) is 8.19. The van der Waals surface area contributed by atoms with Crippen LogP contribution in [0.15, 0.2) is 29.0 Å². The van der Waals surface area contributed by atoms with Gasteiger partial charge in [-0.1, -0.05) is 0 Å². The Hall–Kier alpha value is -1.33. The summed E-state index contributed by atoms with van der Waals surface area (Å²) in [6.07, 6.45) is 4.25. The van der Waals surface area contributed by atoms with Gasteiger partial charge in [-0.25, -0.2) is 9.97 Å². The molecule has 0 saturated heterocycles. The summed E-state index contributed by atoms with van der Waals surface area (Å²) < 4.78 is 0.917. The van der Waals surface area contributed by atoms with Crippen LogP contribution in [-0.2, 0) is 6.42 Å². The Morgan fingerprint density at radius 3 is 2.76 bits per heavy atom. The van der Waals surface area contributed by atoms with Gasteiger partial charge >= 0.3 is 0 Å². The highest BCUT2D eigenvalue weighted by Crippen LogP contribution is 2.19. The van der Waals surface area contributed by atoms with E-state index < -0.39 is 0 Å². The number of aryl methyl sites for hydroxylation is 1. The topological polar surface area (TPSA) is 64.7 Å². The van der Waals surface area contributed by atoms with Crippen molar-refractivity contribution in [2.24, 2.45) is 5.73 Å². The third kappa shape index (κ3) is 3.08. The van der Waals surface area contributed by atoms with E-state index >= 15 is 0 Å². The summed E-state index contributed by atoms with van der Waals surface area (Å²) in [6.45, 7) is 2.54. The van der Waals surface area contributed by atoms with Gasteiger partial charge in [0.2, 0.25) is 0 Å². The van der Waals surface area contributed by atoms with Crippen molar-refractivity contribution < 1.29 is 0 Å². The van der Waals surface area contributed by atoms with Gasteiger partial charge in [-0.15, -0.1) is 0 Å². The average molecular weight is 293 g/mol. The van der Waals surface area contributed by atoms with E-state index in [0.29, 0.717) is 12.4 Å². The van der Waals surface area contributed by atoms with Gasteiger partial charge in [-0.05, 0) is 41.5 Å². The molecule has 2 heterocycles. The van der Waals surface area contributed by atoms with Crippen molar-refractivity contribution in [3.63, 3.8) is 0 Å². The third-order valence-electron chi connectivity index (χ3n) is 2.27. The number of nitrogens with two attached hydrogens (primary N) is 1. The van der Waals surface area contributed by atoms with E-state index in [9.17, 15) is 0 Å². The van der Waals surface area contributed by atoms with Gasteiger partial charge in [0, 0.05) is 40.2 Å². The molecule has 0 amide bonds. The lowest BCUT2D eigenvalue weighted by molar-refractivity contribution is 0.904.